The number of aryl methyl sites for hydroxylation is 1. The van der Waals surface area contributed by atoms with E-state index in [1.165, 1.54) is 54.6 Å². The minimum atomic E-state index is -4.53. The van der Waals surface area contributed by atoms with Crippen LogP contribution in [0.4, 0.5) is 17.6 Å². The lowest BCUT2D eigenvalue weighted by Crippen LogP contribution is -2.30. The Morgan fingerprint density at radius 2 is 1.31 bits per heavy atom. The van der Waals surface area contributed by atoms with E-state index in [4.69, 9.17) is 16.3 Å². The number of ether oxygens (including phenoxy) is 1. The minimum Gasteiger partial charge on any atom is -0.505 e. The average Bonchev–Trinajstić information content (AvgIpc) is 3.06. The third kappa shape index (κ3) is 8.60. The number of alkyl halides is 3. The van der Waals surface area contributed by atoms with Crippen molar-refractivity contribution in [3.05, 3.63) is 154 Å². The summed E-state index contributed by atoms with van der Waals surface area (Å²) in [6.45, 7) is -0.445. The second-order valence-corrected chi connectivity index (χ2v) is 13.2. The predicted octanol–water partition coefficient (Wildman–Crippen LogP) is 9.20. The van der Waals surface area contributed by atoms with Crippen molar-refractivity contribution in [3.63, 3.8) is 0 Å². The number of halogens is 5. The number of hydrogen-bond donors (Lipinski definition) is 1. The molecule has 5 aromatic carbocycles. The van der Waals surface area contributed by atoms with Crippen LogP contribution < -0.4 is 4.74 Å². The number of Topliss-reactive ketones (excluding diaryl/α,β-unsaturated/α-hetero) is 1. The van der Waals surface area contributed by atoms with E-state index in [0.717, 1.165) is 28.1 Å². The van der Waals surface area contributed by atoms with Crippen LogP contribution in [0.3, 0.4) is 0 Å². The molecule has 0 radical (unpaired) electrons. The molecule has 0 aliphatic rings. The molecule has 0 aromatic heterocycles. The number of hydrogen-bond acceptors (Lipinski definition) is 5. The van der Waals surface area contributed by atoms with Crippen LogP contribution in [-0.2, 0) is 35.7 Å². The minimum absolute atomic E-state index is 0.0128. The van der Waals surface area contributed by atoms with Gasteiger partial charge in [-0.25, -0.2) is 12.8 Å². The molecule has 5 rings (SSSR count). The first-order valence-electron chi connectivity index (χ1n) is 14.6. The molecule has 1 N–H and O–H groups in total. The number of rotatable bonds is 12. The van der Waals surface area contributed by atoms with Gasteiger partial charge < -0.3 is 9.84 Å². The molecular formula is C36H28ClF4NO5S. The normalized spacial score (nSPS) is 11.9. The highest BCUT2D eigenvalue weighted by molar-refractivity contribution is 7.89. The van der Waals surface area contributed by atoms with Crippen molar-refractivity contribution in [2.75, 3.05) is 0 Å². The van der Waals surface area contributed by atoms with Gasteiger partial charge in [0.1, 0.15) is 22.2 Å². The Morgan fingerprint density at radius 3 is 1.88 bits per heavy atom. The fourth-order valence-electron chi connectivity index (χ4n) is 4.85. The lowest BCUT2D eigenvalue weighted by molar-refractivity contribution is -0.137. The maximum Gasteiger partial charge on any atom is 0.416 e. The highest BCUT2D eigenvalue weighted by atomic mass is 35.5. The van der Waals surface area contributed by atoms with Crippen LogP contribution in [0.1, 0.15) is 39.0 Å². The number of aromatic hydroxyl groups is 1. The molecule has 0 aliphatic carbocycles. The van der Waals surface area contributed by atoms with Crippen LogP contribution in [0.25, 0.3) is 0 Å². The lowest BCUT2D eigenvalue weighted by Gasteiger charge is -2.24. The maximum atomic E-state index is 14.2. The summed E-state index contributed by atoms with van der Waals surface area (Å²) in [4.78, 5) is 12.6. The Labute approximate surface area is 279 Å². The van der Waals surface area contributed by atoms with Gasteiger partial charge in [-0.15, -0.1) is 0 Å². The first-order valence-corrected chi connectivity index (χ1v) is 16.4. The van der Waals surface area contributed by atoms with Gasteiger partial charge in [0.15, 0.2) is 11.5 Å². The average molecular weight is 698 g/mol. The van der Waals surface area contributed by atoms with Crippen LogP contribution in [-0.4, -0.2) is 23.6 Å². The lowest BCUT2D eigenvalue weighted by atomic mass is 10.0. The van der Waals surface area contributed by atoms with E-state index in [-0.39, 0.29) is 47.4 Å². The van der Waals surface area contributed by atoms with Gasteiger partial charge in [0.05, 0.1) is 10.6 Å². The van der Waals surface area contributed by atoms with E-state index < -0.39 is 38.2 Å². The van der Waals surface area contributed by atoms with E-state index in [2.05, 4.69) is 0 Å². The molecular weight excluding hydrogens is 670 g/mol. The van der Waals surface area contributed by atoms with Crippen LogP contribution >= 0.6 is 11.6 Å². The zero-order chi connectivity index (χ0) is 34.5. The number of phenols is 1. The van der Waals surface area contributed by atoms with Gasteiger partial charge in [-0.2, -0.15) is 17.5 Å². The number of carbonyl (C=O) groups excluding carboxylic acids is 1. The van der Waals surface area contributed by atoms with Gasteiger partial charge in [-0.3, -0.25) is 4.79 Å². The van der Waals surface area contributed by atoms with Crippen molar-refractivity contribution in [1.82, 2.24) is 4.31 Å². The second kappa shape index (κ2) is 14.6. The number of carbonyl (C=O) groups is 1. The Hall–Kier alpha value is -4.71. The SMILES string of the molecule is O=C(CCc1ccccc1)c1cc(Cl)c(O)c(S(=O)(=O)N(Cc2ccc(F)cc2)Cc2ccc(Oc3ccc(C(F)(F)F)cc3)cc2)c1. The van der Waals surface area contributed by atoms with E-state index >= 15 is 0 Å². The summed E-state index contributed by atoms with van der Waals surface area (Å²) in [5.74, 6) is -1.14. The topological polar surface area (TPSA) is 83.9 Å². The van der Waals surface area contributed by atoms with Gasteiger partial charge in [0.2, 0.25) is 10.0 Å². The molecule has 0 saturated carbocycles. The largest absolute Gasteiger partial charge is 0.505 e. The third-order valence-electron chi connectivity index (χ3n) is 7.42. The Morgan fingerprint density at radius 1 is 0.771 bits per heavy atom. The quantitative estimate of drug-likeness (QED) is 0.104. The number of ketones is 1. The fraction of sp³-hybridized carbons (Fsp3) is 0.139. The Kier molecular flexibility index (Phi) is 10.5. The van der Waals surface area contributed by atoms with Crippen molar-refractivity contribution < 1.29 is 40.6 Å². The standard InChI is InChI=1S/C36H28ClF4NO5S/c37-32-20-27(33(43)19-10-24-4-2-1-3-5-24)21-34(35(32)44)48(45,46)42(22-25-6-13-29(38)14-7-25)23-26-8-15-30(16-9-26)47-31-17-11-28(12-18-31)36(39,40)41/h1-9,11-18,20-21,44H,10,19,22-23H2. The predicted molar refractivity (Wildman–Crippen MR) is 173 cm³/mol. The highest BCUT2D eigenvalue weighted by Gasteiger charge is 2.31. The molecule has 0 aliphatic heterocycles. The first-order chi connectivity index (χ1) is 22.8. The van der Waals surface area contributed by atoms with Crippen LogP contribution in [0.2, 0.25) is 5.02 Å². The molecule has 0 heterocycles. The third-order valence-corrected chi connectivity index (χ3v) is 9.52. The van der Waals surface area contributed by atoms with Crippen molar-refractivity contribution in [2.24, 2.45) is 0 Å². The number of phenolic OH excluding ortho intramolecular Hbond substituents is 1. The summed E-state index contributed by atoms with van der Waals surface area (Å²) >= 11 is 6.25. The van der Waals surface area contributed by atoms with Gasteiger partial charge in [-0.05, 0) is 83.8 Å². The molecule has 0 bridgehead atoms. The molecule has 48 heavy (non-hydrogen) atoms. The van der Waals surface area contributed by atoms with Crippen molar-refractivity contribution >= 4 is 27.4 Å². The molecule has 0 saturated heterocycles. The van der Waals surface area contributed by atoms with E-state index in [1.807, 2.05) is 30.3 Å². The summed E-state index contributed by atoms with van der Waals surface area (Å²) in [6, 6.07) is 27.2. The smallest absolute Gasteiger partial charge is 0.416 e. The van der Waals surface area contributed by atoms with E-state index in [1.54, 1.807) is 12.1 Å². The molecule has 0 unspecified atom stereocenters. The van der Waals surface area contributed by atoms with Crippen molar-refractivity contribution in [3.8, 4) is 17.2 Å². The fourth-order valence-corrected chi connectivity index (χ4v) is 6.67. The van der Waals surface area contributed by atoms with E-state index in [9.17, 15) is 35.9 Å². The molecule has 5 aromatic rings. The summed E-state index contributed by atoms with van der Waals surface area (Å²) in [5, 5.41) is 10.5. The van der Waals surface area contributed by atoms with Crippen molar-refractivity contribution in [2.45, 2.75) is 37.0 Å². The summed E-state index contributed by atoms with van der Waals surface area (Å²) < 4.78 is 87.3. The van der Waals surface area contributed by atoms with Gasteiger partial charge in [0, 0.05) is 25.1 Å². The molecule has 0 atom stereocenters. The van der Waals surface area contributed by atoms with Crippen molar-refractivity contribution in [1.29, 1.82) is 0 Å². The first kappa shape index (κ1) is 34.6. The summed E-state index contributed by atoms with van der Waals surface area (Å²) in [6.07, 6.45) is -4.00. The molecule has 248 valence electrons. The molecule has 12 heteroatoms. The highest BCUT2D eigenvalue weighted by Crippen LogP contribution is 2.36. The van der Waals surface area contributed by atoms with Gasteiger partial charge in [-0.1, -0.05) is 66.2 Å². The summed E-state index contributed by atoms with van der Waals surface area (Å²) in [7, 11) is -4.53. The number of nitrogens with zero attached hydrogens (tertiary/aromatic N) is 1. The van der Waals surface area contributed by atoms with Crippen LogP contribution in [0.15, 0.2) is 120 Å². The zero-order valence-electron chi connectivity index (χ0n) is 25.1. The summed E-state index contributed by atoms with van der Waals surface area (Å²) in [5.41, 5.74) is 1.05. The Bertz CT molecular complexity index is 1990. The van der Waals surface area contributed by atoms with Gasteiger partial charge >= 0.3 is 6.18 Å². The molecule has 0 amide bonds. The zero-order valence-corrected chi connectivity index (χ0v) is 26.7. The van der Waals surface area contributed by atoms with Gasteiger partial charge in [0.25, 0.3) is 0 Å². The Balaban J connectivity index is 1.41. The van der Waals surface area contributed by atoms with Crippen LogP contribution in [0.5, 0.6) is 17.2 Å². The monoisotopic (exact) mass is 697 g/mol. The molecule has 6 nitrogen and oxygen atoms in total. The van der Waals surface area contributed by atoms with Crippen LogP contribution in [0, 0.1) is 5.82 Å². The second-order valence-electron chi connectivity index (χ2n) is 10.9. The maximum absolute atomic E-state index is 14.2. The van der Waals surface area contributed by atoms with E-state index in [0.29, 0.717) is 17.5 Å². The molecule has 0 fully saturated rings. The number of sulfonamides is 1. The number of benzene rings is 5. The molecule has 0 spiro atoms.